The van der Waals surface area contributed by atoms with E-state index in [4.69, 9.17) is 9.47 Å². The molecule has 1 N–H and O–H groups in total. The number of imide groups is 1. The second-order valence-electron chi connectivity index (χ2n) is 6.59. The molecule has 1 saturated heterocycles. The van der Waals surface area contributed by atoms with E-state index in [1.165, 1.54) is 16.7 Å². The molecule has 4 rings (SSSR count). The Balaban J connectivity index is 1.53. The number of carbonyl (C=O) groups is 2. The number of amides is 3. The number of hydrogen-bond acceptors (Lipinski definition) is 7. The second kappa shape index (κ2) is 8.16. The highest BCUT2D eigenvalue weighted by atomic mass is 32.2. The minimum absolute atomic E-state index is 0.258. The van der Waals surface area contributed by atoms with E-state index in [1.807, 2.05) is 28.8 Å². The molecule has 2 aliphatic rings. The first-order chi connectivity index (χ1) is 14.1. The number of benzene rings is 1. The summed E-state index contributed by atoms with van der Waals surface area (Å²) in [5.41, 5.74) is 0. The molecule has 1 aromatic carbocycles. The van der Waals surface area contributed by atoms with Crippen LogP contribution in [0.2, 0.25) is 0 Å². The predicted octanol–water partition coefficient (Wildman–Crippen LogP) is 2.01. The number of nitrogens with zero attached hydrogens (tertiary/aromatic N) is 4. The van der Waals surface area contributed by atoms with Gasteiger partial charge >= 0.3 is 6.03 Å². The SMILES string of the molecule is C=CCn1c(S[C@H](C)C(=O)N2CCNC2=O)nnc1[C@@H]1COc2ccccc2O1. The Hall–Kier alpha value is -3.01. The Labute approximate surface area is 172 Å². The highest BCUT2D eigenvalue weighted by Gasteiger charge is 2.33. The van der Waals surface area contributed by atoms with Gasteiger partial charge in [0.2, 0.25) is 5.91 Å². The third-order valence-corrected chi connectivity index (χ3v) is 5.67. The maximum Gasteiger partial charge on any atom is 0.324 e. The number of hydrogen-bond donors (Lipinski definition) is 1. The number of para-hydroxylation sites is 2. The molecule has 0 saturated carbocycles. The van der Waals surface area contributed by atoms with Crippen LogP contribution in [0.5, 0.6) is 11.5 Å². The van der Waals surface area contributed by atoms with Gasteiger partial charge in [0, 0.05) is 19.6 Å². The molecule has 3 heterocycles. The van der Waals surface area contributed by atoms with Crippen molar-refractivity contribution in [3.63, 3.8) is 0 Å². The predicted molar refractivity (Wildman–Crippen MR) is 106 cm³/mol. The summed E-state index contributed by atoms with van der Waals surface area (Å²) in [5, 5.41) is 11.2. The quantitative estimate of drug-likeness (QED) is 0.569. The Morgan fingerprint density at radius 2 is 2.21 bits per heavy atom. The minimum atomic E-state index is -0.497. The van der Waals surface area contributed by atoms with Crippen molar-refractivity contribution in [1.82, 2.24) is 25.0 Å². The third kappa shape index (κ3) is 3.80. The van der Waals surface area contributed by atoms with Crippen LogP contribution >= 0.6 is 11.8 Å². The number of rotatable bonds is 6. The van der Waals surface area contributed by atoms with E-state index < -0.39 is 11.4 Å². The molecular formula is C19H21N5O4S. The van der Waals surface area contributed by atoms with Gasteiger partial charge in [-0.25, -0.2) is 4.79 Å². The molecule has 0 aliphatic carbocycles. The second-order valence-corrected chi connectivity index (χ2v) is 7.89. The van der Waals surface area contributed by atoms with Crippen LogP contribution < -0.4 is 14.8 Å². The van der Waals surface area contributed by atoms with Crippen molar-refractivity contribution in [2.45, 2.75) is 30.0 Å². The van der Waals surface area contributed by atoms with Crippen molar-refractivity contribution >= 4 is 23.7 Å². The van der Waals surface area contributed by atoms with E-state index in [-0.39, 0.29) is 11.9 Å². The van der Waals surface area contributed by atoms with Crippen LogP contribution in [0, 0.1) is 0 Å². The van der Waals surface area contributed by atoms with Gasteiger partial charge in [-0.3, -0.25) is 14.3 Å². The molecule has 1 fully saturated rings. The number of aromatic nitrogens is 3. The van der Waals surface area contributed by atoms with Gasteiger partial charge in [-0.15, -0.1) is 16.8 Å². The van der Waals surface area contributed by atoms with Gasteiger partial charge < -0.3 is 14.8 Å². The van der Waals surface area contributed by atoms with Gasteiger partial charge in [0.25, 0.3) is 0 Å². The first kappa shape index (κ1) is 19.3. The number of carbonyl (C=O) groups excluding carboxylic acids is 2. The largest absolute Gasteiger partial charge is 0.485 e. The first-order valence-electron chi connectivity index (χ1n) is 9.27. The standard InChI is InChI=1S/C19H21N5O4S/c1-3-9-23-16(15-11-27-13-6-4-5-7-14(13)28-15)21-22-19(23)29-12(2)17(25)24-10-8-20-18(24)26/h3-7,12,15H,1,8-11H2,2H3,(H,20,26)/t12-,15+/m1/s1. The van der Waals surface area contributed by atoms with Gasteiger partial charge in [0.1, 0.15) is 6.61 Å². The van der Waals surface area contributed by atoms with E-state index in [2.05, 4.69) is 22.1 Å². The van der Waals surface area contributed by atoms with Gasteiger partial charge in [-0.2, -0.15) is 0 Å². The zero-order valence-electron chi connectivity index (χ0n) is 15.9. The molecule has 1 aromatic heterocycles. The van der Waals surface area contributed by atoms with Crippen molar-refractivity contribution in [3.05, 3.63) is 42.7 Å². The summed E-state index contributed by atoms with van der Waals surface area (Å²) >= 11 is 1.25. The van der Waals surface area contributed by atoms with E-state index in [1.54, 1.807) is 13.0 Å². The topological polar surface area (TPSA) is 98.6 Å². The maximum absolute atomic E-state index is 12.6. The number of ether oxygens (including phenoxy) is 2. The molecule has 0 unspecified atom stereocenters. The first-order valence-corrected chi connectivity index (χ1v) is 10.1. The maximum atomic E-state index is 12.6. The molecule has 0 radical (unpaired) electrons. The third-order valence-electron chi connectivity index (χ3n) is 4.61. The van der Waals surface area contributed by atoms with E-state index >= 15 is 0 Å². The number of fused-ring (bicyclic) bond motifs is 1. The summed E-state index contributed by atoms with van der Waals surface area (Å²) < 4.78 is 13.7. The average molecular weight is 415 g/mol. The van der Waals surface area contributed by atoms with E-state index in [9.17, 15) is 9.59 Å². The molecule has 29 heavy (non-hydrogen) atoms. The summed E-state index contributed by atoms with van der Waals surface area (Å²) in [7, 11) is 0. The van der Waals surface area contributed by atoms with Crippen molar-refractivity contribution in [2.24, 2.45) is 0 Å². The van der Waals surface area contributed by atoms with Crippen LogP contribution in [0.15, 0.2) is 42.1 Å². The summed E-state index contributed by atoms with van der Waals surface area (Å²) in [6.45, 7) is 7.16. The van der Waals surface area contributed by atoms with Crippen molar-refractivity contribution in [1.29, 1.82) is 0 Å². The molecular weight excluding hydrogens is 394 g/mol. The van der Waals surface area contributed by atoms with Gasteiger partial charge in [-0.1, -0.05) is 30.0 Å². The fourth-order valence-corrected chi connectivity index (χ4v) is 4.11. The zero-order valence-corrected chi connectivity index (χ0v) is 16.7. The molecule has 0 spiro atoms. The van der Waals surface area contributed by atoms with Crippen LogP contribution in [0.3, 0.4) is 0 Å². The fraction of sp³-hybridized carbons (Fsp3) is 0.368. The lowest BCUT2D eigenvalue weighted by atomic mass is 10.2. The van der Waals surface area contributed by atoms with Crippen LogP contribution in [0.1, 0.15) is 18.9 Å². The summed E-state index contributed by atoms with van der Waals surface area (Å²) in [5.74, 6) is 1.68. The number of allylic oxidation sites excluding steroid dienone is 1. The van der Waals surface area contributed by atoms with E-state index in [0.717, 1.165) is 0 Å². The molecule has 2 atom stereocenters. The smallest absolute Gasteiger partial charge is 0.324 e. The average Bonchev–Trinajstić information content (AvgIpc) is 3.33. The summed E-state index contributed by atoms with van der Waals surface area (Å²) in [6, 6.07) is 7.09. The lowest BCUT2D eigenvalue weighted by molar-refractivity contribution is -0.126. The van der Waals surface area contributed by atoms with Crippen LogP contribution in [-0.4, -0.2) is 56.5 Å². The van der Waals surface area contributed by atoms with Crippen LogP contribution in [-0.2, 0) is 11.3 Å². The Morgan fingerprint density at radius 1 is 1.41 bits per heavy atom. The number of thioether (sulfide) groups is 1. The van der Waals surface area contributed by atoms with Gasteiger partial charge in [0.15, 0.2) is 28.6 Å². The Kier molecular flexibility index (Phi) is 5.43. The van der Waals surface area contributed by atoms with Crippen LogP contribution in [0.25, 0.3) is 0 Å². The normalized spacial score (nSPS) is 19.0. The molecule has 2 aliphatic heterocycles. The lowest BCUT2D eigenvalue weighted by Crippen LogP contribution is -2.39. The summed E-state index contributed by atoms with van der Waals surface area (Å²) in [6.07, 6.45) is 1.30. The van der Waals surface area contributed by atoms with Crippen molar-refractivity contribution < 1.29 is 19.1 Å². The Morgan fingerprint density at radius 3 is 2.93 bits per heavy atom. The molecule has 9 nitrogen and oxygen atoms in total. The molecule has 3 amide bonds. The monoisotopic (exact) mass is 415 g/mol. The zero-order chi connectivity index (χ0) is 20.4. The summed E-state index contributed by atoms with van der Waals surface area (Å²) in [4.78, 5) is 25.6. The highest BCUT2D eigenvalue weighted by Crippen LogP contribution is 2.36. The van der Waals surface area contributed by atoms with E-state index in [0.29, 0.717) is 48.7 Å². The number of urea groups is 1. The molecule has 0 bridgehead atoms. The molecule has 10 heteroatoms. The van der Waals surface area contributed by atoms with Crippen molar-refractivity contribution in [3.8, 4) is 11.5 Å². The van der Waals surface area contributed by atoms with Crippen molar-refractivity contribution in [2.75, 3.05) is 19.7 Å². The lowest BCUT2D eigenvalue weighted by Gasteiger charge is -2.26. The minimum Gasteiger partial charge on any atom is -0.485 e. The van der Waals surface area contributed by atoms with Gasteiger partial charge in [0.05, 0.1) is 5.25 Å². The Bertz CT molecular complexity index is 946. The van der Waals surface area contributed by atoms with Gasteiger partial charge in [-0.05, 0) is 19.1 Å². The van der Waals surface area contributed by atoms with Crippen LogP contribution in [0.4, 0.5) is 4.79 Å². The fourth-order valence-electron chi connectivity index (χ4n) is 3.18. The molecule has 152 valence electrons. The number of nitrogens with one attached hydrogen (secondary N) is 1. The highest BCUT2D eigenvalue weighted by molar-refractivity contribution is 8.00. The molecule has 2 aromatic rings.